The third-order valence-corrected chi connectivity index (χ3v) is 5.72. The fraction of sp³-hybridized carbons (Fsp3) is 0.238. The van der Waals surface area contributed by atoms with Crippen LogP contribution in [0, 0.1) is 0 Å². The lowest BCUT2D eigenvalue weighted by molar-refractivity contribution is 0.560. The molecule has 1 N–H and O–H groups in total. The lowest BCUT2D eigenvalue weighted by Crippen LogP contribution is -2.29. The zero-order chi connectivity index (χ0) is 19.0. The zero-order valence-electron chi connectivity index (χ0n) is 15.2. The van der Waals surface area contributed by atoms with Crippen LogP contribution >= 0.6 is 28.1 Å². The predicted molar refractivity (Wildman–Crippen MR) is 117 cm³/mol. The monoisotopic (exact) mass is 440 g/mol. The molecule has 0 radical (unpaired) electrons. The van der Waals surface area contributed by atoms with E-state index in [-0.39, 0.29) is 12.1 Å². The zero-order valence-corrected chi connectivity index (χ0v) is 17.6. The maximum atomic E-state index is 5.74. The van der Waals surface area contributed by atoms with Crippen molar-refractivity contribution in [1.29, 1.82) is 0 Å². The molecule has 27 heavy (non-hydrogen) atoms. The number of halogens is 1. The van der Waals surface area contributed by atoms with E-state index in [1.807, 2.05) is 30.5 Å². The van der Waals surface area contributed by atoms with Crippen molar-refractivity contribution in [1.82, 2.24) is 14.9 Å². The van der Waals surface area contributed by atoms with Gasteiger partial charge >= 0.3 is 0 Å². The predicted octanol–water partition coefficient (Wildman–Crippen LogP) is 5.40. The Labute approximate surface area is 173 Å². The minimum Gasteiger partial charge on any atom is -0.351 e. The Kier molecular flexibility index (Phi) is 5.02. The first-order chi connectivity index (χ1) is 13.0. The maximum Gasteiger partial charge on any atom is 0.174 e. The first kappa shape index (κ1) is 18.2. The van der Waals surface area contributed by atoms with E-state index in [0.717, 1.165) is 21.0 Å². The molecule has 1 aromatic carbocycles. The van der Waals surface area contributed by atoms with Crippen LogP contribution in [0.25, 0.3) is 0 Å². The fourth-order valence-corrected chi connectivity index (χ4v) is 4.11. The molecule has 0 saturated carbocycles. The van der Waals surface area contributed by atoms with E-state index in [1.54, 1.807) is 0 Å². The third kappa shape index (κ3) is 3.51. The number of aromatic nitrogens is 2. The molecule has 4 nitrogen and oxygen atoms in total. The molecule has 1 saturated heterocycles. The second-order valence-corrected chi connectivity index (χ2v) is 8.26. The molecular weight excluding hydrogens is 420 g/mol. The van der Waals surface area contributed by atoms with E-state index in [4.69, 9.17) is 12.2 Å². The van der Waals surface area contributed by atoms with Gasteiger partial charge < -0.3 is 14.8 Å². The van der Waals surface area contributed by atoms with E-state index >= 15 is 0 Å². The van der Waals surface area contributed by atoms with Gasteiger partial charge in [0, 0.05) is 34.8 Å². The van der Waals surface area contributed by atoms with Crippen molar-refractivity contribution in [3.05, 3.63) is 82.9 Å². The first-order valence-corrected chi connectivity index (χ1v) is 10.2. The van der Waals surface area contributed by atoms with Gasteiger partial charge in [0.25, 0.3) is 0 Å². The van der Waals surface area contributed by atoms with E-state index in [9.17, 15) is 0 Å². The van der Waals surface area contributed by atoms with E-state index in [0.29, 0.717) is 6.04 Å². The van der Waals surface area contributed by atoms with Crippen molar-refractivity contribution in [3.8, 4) is 0 Å². The van der Waals surface area contributed by atoms with Gasteiger partial charge in [-0.05, 0) is 74.1 Å². The first-order valence-electron chi connectivity index (χ1n) is 8.98. The smallest absolute Gasteiger partial charge is 0.174 e. The Morgan fingerprint density at radius 3 is 2.52 bits per heavy atom. The Bertz CT molecular complexity index is 936. The van der Waals surface area contributed by atoms with Crippen molar-refractivity contribution in [3.63, 3.8) is 0 Å². The summed E-state index contributed by atoms with van der Waals surface area (Å²) in [4.78, 5) is 6.79. The van der Waals surface area contributed by atoms with Crippen LogP contribution in [-0.4, -0.2) is 14.7 Å². The summed E-state index contributed by atoms with van der Waals surface area (Å²) in [6.45, 7) is 4.37. The highest BCUT2D eigenvalue weighted by molar-refractivity contribution is 9.10. The average Bonchev–Trinajstić information content (AvgIpc) is 3.28. The number of anilines is 1. The summed E-state index contributed by atoms with van der Waals surface area (Å²) in [6, 6.07) is 16.9. The standard InChI is InChI=1S/C21H21BrN4S/c1-14(2)25-12-10-15(13-25)20-19(18-5-3-4-11-23-18)24-21(27)26(20)17-8-6-16(22)7-9-17/h3-14,19-20H,1-2H3,(H,24,27)/t19-,20+/m1/s1. The maximum absolute atomic E-state index is 5.74. The molecule has 0 aliphatic carbocycles. The summed E-state index contributed by atoms with van der Waals surface area (Å²) >= 11 is 9.25. The van der Waals surface area contributed by atoms with Crippen LogP contribution in [0.15, 0.2) is 71.6 Å². The molecule has 1 aliphatic rings. The van der Waals surface area contributed by atoms with Crippen LogP contribution < -0.4 is 10.2 Å². The Balaban J connectivity index is 1.81. The van der Waals surface area contributed by atoms with Crippen LogP contribution in [-0.2, 0) is 0 Å². The number of nitrogens with one attached hydrogen (secondary N) is 1. The van der Waals surface area contributed by atoms with Gasteiger partial charge in [0.2, 0.25) is 0 Å². The summed E-state index contributed by atoms with van der Waals surface area (Å²) in [5, 5.41) is 4.21. The summed E-state index contributed by atoms with van der Waals surface area (Å²) in [5.74, 6) is 0. The Hall–Kier alpha value is -2.18. The van der Waals surface area contributed by atoms with Crippen molar-refractivity contribution in [2.45, 2.75) is 32.0 Å². The lowest BCUT2D eigenvalue weighted by Gasteiger charge is -2.27. The molecule has 1 aliphatic heterocycles. The van der Waals surface area contributed by atoms with Gasteiger partial charge in [-0.3, -0.25) is 4.98 Å². The number of rotatable bonds is 4. The highest BCUT2D eigenvalue weighted by atomic mass is 79.9. The summed E-state index contributed by atoms with van der Waals surface area (Å²) in [7, 11) is 0. The van der Waals surface area contributed by atoms with Crippen LogP contribution in [0.3, 0.4) is 0 Å². The second kappa shape index (κ2) is 7.44. The van der Waals surface area contributed by atoms with E-state index < -0.39 is 0 Å². The number of benzene rings is 1. The topological polar surface area (TPSA) is 33.1 Å². The molecular formula is C21H21BrN4S. The van der Waals surface area contributed by atoms with Crippen molar-refractivity contribution < 1.29 is 0 Å². The number of thiocarbonyl (C=S) groups is 1. The minimum atomic E-state index is -0.00893. The Morgan fingerprint density at radius 1 is 1.11 bits per heavy atom. The lowest BCUT2D eigenvalue weighted by atomic mass is 9.98. The largest absolute Gasteiger partial charge is 0.351 e. The van der Waals surface area contributed by atoms with Gasteiger partial charge in [-0.1, -0.05) is 22.0 Å². The highest BCUT2D eigenvalue weighted by Crippen LogP contribution is 2.41. The summed E-state index contributed by atoms with van der Waals surface area (Å²) in [5.41, 5.74) is 3.27. The number of hydrogen-bond donors (Lipinski definition) is 1. The molecule has 2 atom stereocenters. The molecule has 0 unspecified atom stereocenters. The molecule has 2 aromatic heterocycles. The third-order valence-electron chi connectivity index (χ3n) is 4.88. The Morgan fingerprint density at radius 2 is 1.89 bits per heavy atom. The molecule has 3 aromatic rings. The number of hydrogen-bond acceptors (Lipinski definition) is 2. The fourth-order valence-electron chi connectivity index (χ4n) is 3.50. The number of nitrogens with zero attached hydrogens (tertiary/aromatic N) is 3. The van der Waals surface area contributed by atoms with Crippen molar-refractivity contribution in [2.24, 2.45) is 0 Å². The van der Waals surface area contributed by atoms with Crippen molar-refractivity contribution >= 4 is 38.9 Å². The summed E-state index contributed by atoms with van der Waals surface area (Å²) in [6.07, 6.45) is 6.18. The van der Waals surface area contributed by atoms with Crippen molar-refractivity contribution in [2.75, 3.05) is 4.90 Å². The average molecular weight is 441 g/mol. The molecule has 0 bridgehead atoms. The van der Waals surface area contributed by atoms with Gasteiger partial charge in [0.05, 0.1) is 17.8 Å². The van der Waals surface area contributed by atoms with E-state index in [2.05, 4.69) is 86.2 Å². The van der Waals surface area contributed by atoms with Crippen LogP contribution in [0.4, 0.5) is 5.69 Å². The van der Waals surface area contributed by atoms with Gasteiger partial charge in [0.1, 0.15) is 0 Å². The van der Waals surface area contributed by atoms with Crippen LogP contribution in [0.5, 0.6) is 0 Å². The minimum absolute atomic E-state index is 0.00893. The quantitative estimate of drug-likeness (QED) is 0.550. The van der Waals surface area contributed by atoms with Gasteiger partial charge in [-0.2, -0.15) is 0 Å². The molecule has 138 valence electrons. The highest BCUT2D eigenvalue weighted by Gasteiger charge is 2.41. The van der Waals surface area contributed by atoms with Crippen LogP contribution in [0.2, 0.25) is 0 Å². The molecule has 6 heteroatoms. The molecule has 0 spiro atoms. The summed E-state index contributed by atoms with van der Waals surface area (Å²) < 4.78 is 3.28. The van der Waals surface area contributed by atoms with E-state index in [1.165, 1.54) is 5.56 Å². The van der Waals surface area contributed by atoms with Crippen LogP contribution in [0.1, 0.15) is 43.2 Å². The molecule has 0 amide bonds. The number of pyridine rings is 1. The normalized spacial score (nSPS) is 19.6. The molecule has 1 fully saturated rings. The molecule has 4 rings (SSSR count). The molecule has 3 heterocycles. The SMILES string of the molecule is CC(C)n1ccc([C@H]2[C@@H](c3ccccn3)NC(=S)N2c2ccc(Br)cc2)c1. The van der Waals surface area contributed by atoms with Gasteiger partial charge in [-0.25, -0.2) is 0 Å². The second-order valence-electron chi connectivity index (χ2n) is 6.96. The van der Waals surface area contributed by atoms with Gasteiger partial charge in [-0.15, -0.1) is 0 Å². The van der Waals surface area contributed by atoms with Gasteiger partial charge in [0.15, 0.2) is 5.11 Å².